The van der Waals surface area contributed by atoms with Gasteiger partial charge in [0.1, 0.15) is 29.8 Å². The molecule has 0 saturated carbocycles. The van der Waals surface area contributed by atoms with Gasteiger partial charge in [-0.25, -0.2) is 19.9 Å². The summed E-state index contributed by atoms with van der Waals surface area (Å²) in [6, 6.07) is 8.54. The summed E-state index contributed by atoms with van der Waals surface area (Å²) < 4.78 is 11.4. The molecule has 4 heterocycles. The van der Waals surface area contributed by atoms with E-state index in [0.717, 1.165) is 90.0 Å². The summed E-state index contributed by atoms with van der Waals surface area (Å²) in [5, 5.41) is 3.42. The number of rotatable bonds is 7. The molecule has 204 valence electrons. The van der Waals surface area contributed by atoms with Crippen LogP contribution in [0.4, 0.5) is 5.82 Å². The first-order valence-electron chi connectivity index (χ1n) is 13.8. The van der Waals surface area contributed by atoms with Gasteiger partial charge in [-0.15, -0.1) is 0 Å². The minimum absolute atomic E-state index is 0.230. The van der Waals surface area contributed by atoms with Crippen molar-refractivity contribution in [2.24, 2.45) is 5.41 Å². The van der Waals surface area contributed by atoms with Crippen LogP contribution in [-0.4, -0.2) is 58.3 Å². The Labute approximate surface area is 229 Å². The predicted molar refractivity (Wildman–Crippen MR) is 152 cm³/mol. The molecule has 9 heteroatoms. The van der Waals surface area contributed by atoms with Crippen molar-refractivity contribution in [1.29, 1.82) is 0 Å². The number of hydrogen-bond acceptors (Lipinski definition) is 8. The number of aromatic amines is 1. The van der Waals surface area contributed by atoms with E-state index in [-0.39, 0.29) is 5.41 Å². The topological polar surface area (TPSA) is 101 Å². The van der Waals surface area contributed by atoms with Crippen molar-refractivity contribution in [3.63, 3.8) is 0 Å². The number of ether oxygens (including phenoxy) is 2. The Bertz CT molecular complexity index is 1500. The van der Waals surface area contributed by atoms with Gasteiger partial charge in [-0.3, -0.25) is 0 Å². The summed E-state index contributed by atoms with van der Waals surface area (Å²) in [6.45, 7) is 10.8. The predicted octanol–water partition coefficient (Wildman–Crippen LogP) is 4.37. The zero-order valence-electron chi connectivity index (χ0n) is 23.3. The number of methoxy groups -OCH3 is 1. The zero-order chi connectivity index (χ0) is 27.0. The molecule has 9 nitrogen and oxygen atoms in total. The highest BCUT2D eigenvalue weighted by Gasteiger charge is 2.31. The number of pyridine rings is 1. The SMILES string of the molecule is COCCNCc1nc2c(c(N3CCOc4ccc(-c5cnc6nc(C)[nH]c6c5)cc4C3)n1)CC(C)(C)CC2. The van der Waals surface area contributed by atoms with Crippen LogP contribution in [-0.2, 0) is 30.7 Å². The summed E-state index contributed by atoms with van der Waals surface area (Å²) in [4.78, 5) is 24.8. The molecule has 0 atom stereocenters. The molecule has 39 heavy (non-hydrogen) atoms. The van der Waals surface area contributed by atoms with Crippen molar-refractivity contribution in [3.8, 4) is 16.9 Å². The number of aromatic nitrogens is 5. The lowest BCUT2D eigenvalue weighted by Crippen LogP contribution is -2.32. The molecule has 4 aromatic rings. The van der Waals surface area contributed by atoms with Crippen molar-refractivity contribution < 1.29 is 9.47 Å². The van der Waals surface area contributed by atoms with E-state index in [2.05, 4.69) is 63.3 Å². The lowest BCUT2D eigenvalue weighted by atomic mass is 9.76. The van der Waals surface area contributed by atoms with Crippen LogP contribution < -0.4 is 15.0 Å². The maximum atomic E-state index is 6.23. The Hall–Kier alpha value is -3.56. The van der Waals surface area contributed by atoms with Gasteiger partial charge in [-0.1, -0.05) is 19.9 Å². The molecule has 0 fully saturated rings. The minimum Gasteiger partial charge on any atom is -0.491 e. The van der Waals surface area contributed by atoms with Gasteiger partial charge < -0.3 is 24.7 Å². The number of nitrogens with one attached hydrogen (secondary N) is 2. The van der Waals surface area contributed by atoms with Crippen LogP contribution in [0.25, 0.3) is 22.3 Å². The summed E-state index contributed by atoms with van der Waals surface area (Å²) in [5.41, 5.74) is 7.70. The molecular weight excluding hydrogens is 490 g/mol. The number of hydrogen-bond donors (Lipinski definition) is 2. The van der Waals surface area contributed by atoms with Gasteiger partial charge >= 0.3 is 0 Å². The monoisotopic (exact) mass is 527 g/mol. The first kappa shape index (κ1) is 25.7. The van der Waals surface area contributed by atoms with E-state index in [1.54, 1.807) is 7.11 Å². The van der Waals surface area contributed by atoms with Gasteiger partial charge in [0.05, 0.1) is 25.2 Å². The average molecular weight is 528 g/mol. The second kappa shape index (κ2) is 10.5. The van der Waals surface area contributed by atoms with Gasteiger partial charge in [0.2, 0.25) is 0 Å². The highest BCUT2D eigenvalue weighted by Crippen LogP contribution is 2.39. The van der Waals surface area contributed by atoms with Crippen LogP contribution in [0.5, 0.6) is 5.75 Å². The molecule has 2 N–H and O–H groups in total. The molecule has 3 aromatic heterocycles. The Morgan fingerprint density at radius 2 is 2.05 bits per heavy atom. The fraction of sp³-hybridized carbons (Fsp3) is 0.467. The third-order valence-electron chi connectivity index (χ3n) is 7.71. The van der Waals surface area contributed by atoms with Crippen molar-refractivity contribution in [1.82, 2.24) is 30.2 Å². The standard InChI is InChI=1S/C30H37N7O2/c1-19-33-25-14-21(16-32-28(25)34-19)20-5-6-26-22(13-20)18-37(10-12-39-26)29-23-15-30(2,3)8-7-24(23)35-27(36-29)17-31-9-11-38-4/h5-6,13-14,16,31H,7-12,15,17-18H2,1-4H3,(H,32,33,34). The maximum absolute atomic E-state index is 6.23. The third kappa shape index (κ3) is 5.46. The fourth-order valence-corrected chi connectivity index (χ4v) is 5.63. The van der Waals surface area contributed by atoms with Crippen LogP contribution in [0.15, 0.2) is 30.5 Å². The van der Waals surface area contributed by atoms with E-state index in [1.807, 2.05) is 13.1 Å². The van der Waals surface area contributed by atoms with Gasteiger partial charge in [0.15, 0.2) is 5.65 Å². The number of benzene rings is 1. The molecule has 0 unspecified atom stereocenters. The quantitative estimate of drug-likeness (QED) is 0.342. The van der Waals surface area contributed by atoms with Crippen LogP contribution in [0.3, 0.4) is 0 Å². The van der Waals surface area contributed by atoms with Gasteiger partial charge in [0.25, 0.3) is 0 Å². The Kier molecular flexibility index (Phi) is 6.95. The molecule has 2 aliphatic rings. The van der Waals surface area contributed by atoms with E-state index in [9.17, 15) is 0 Å². The highest BCUT2D eigenvalue weighted by molar-refractivity contribution is 5.78. The third-order valence-corrected chi connectivity index (χ3v) is 7.71. The number of fused-ring (bicyclic) bond motifs is 3. The summed E-state index contributed by atoms with van der Waals surface area (Å²) >= 11 is 0. The summed E-state index contributed by atoms with van der Waals surface area (Å²) in [7, 11) is 1.72. The van der Waals surface area contributed by atoms with Crippen molar-refractivity contribution in [2.75, 3.05) is 38.3 Å². The van der Waals surface area contributed by atoms with Gasteiger partial charge in [-0.05, 0) is 55.4 Å². The van der Waals surface area contributed by atoms with Crippen molar-refractivity contribution in [2.45, 2.75) is 53.1 Å². The van der Waals surface area contributed by atoms with Crippen LogP contribution in [0.1, 0.15) is 48.7 Å². The maximum Gasteiger partial charge on any atom is 0.177 e. The normalized spacial score (nSPS) is 16.5. The molecule has 1 aromatic carbocycles. The molecule has 0 radical (unpaired) electrons. The molecular formula is C30H37N7O2. The van der Waals surface area contributed by atoms with E-state index >= 15 is 0 Å². The smallest absolute Gasteiger partial charge is 0.177 e. The van der Waals surface area contributed by atoms with Crippen LogP contribution >= 0.6 is 0 Å². The number of anilines is 1. The van der Waals surface area contributed by atoms with E-state index < -0.39 is 0 Å². The number of nitrogens with zero attached hydrogens (tertiary/aromatic N) is 5. The average Bonchev–Trinajstić information content (AvgIpc) is 3.16. The Morgan fingerprint density at radius 3 is 2.92 bits per heavy atom. The fourth-order valence-electron chi connectivity index (χ4n) is 5.63. The molecule has 0 saturated heterocycles. The zero-order valence-corrected chi connectivity index (χ0v) is 23.3. The van der Waals surface area contributed by atoms with E-state index in [4.69, 9.17) is 19.4 Å². The van der Waals surface area contributed by atoms with Crippen LogP contribution in [0, 0.1) is 12.3 Å². The largest absolute Gasteiger partial charge is 0.491 e. The van der Waals surface area contributed by atoms with E-state index in [0.29, 0.717) is 19.8 Å². The van der Waals surface area contributed by atoms with E-state index in [1.165, 1.54) is 11.3 Å². The molecule has 1 aliphatic carbocycles. The number of imidazole rings is 1. The molecule has 0 bridgehead atoms. The number of H-pyrrole nitrogens is 1. The first-order chi connectivity index (χ1) is 18.9. The van der Waals surface area contributed by atoms with Crippen molar-refractivity contribution >= 4 is 17.0 Å². The molecule has 1 aliphatic heterocycles. The Morgan fingerprint density at radius 1 is 1.15 bits per heavy atom. The highest BCUT2D eigenvalue weighted by atomic mass is 16.5. The van der Waals surface area contributed by atoms with Crippen LogP contribution in [0.2, 0.25) is 0 Å². The molecule has 0 amide bonds. The Balaban J connectivity index is 1.34. The van der Waals surface area contributed by atoms with Gasteiger partial charge in [-0.2, -0.15) is 0 Å². The molecule has 6 rings (SSSR count). The number of aryl methyl sites for hydroxylation is 2. The lowest BCUT2D eigenvalue weighted by molar-refractivity contribution is 0.199. The summed E-state index contributed by atoms with van der Waals surface area (Å²) in [6.07, 6.45) is 4.99. The molecule has 0 spiro atoms. The first-order valence-corrected chi connectivity index (χ1v) is 13.8. The van der Waals surface area contributed by atoms with Gasteiger partial charge in [0, 0.05) is 48.8 Å². The summed E-state index contributed by atoms with van der Waals surface area (Å²) in [5.74, 6) is 3.68. The second-order valence-electron chi connectivity index (χ2n) is 11.4. The lowest BCUT2D eigenvalue weighted by Gasteiger charge is -2.34. The minimum atomic E-state index is 0.230. The second-order valence-corrected chi connectivity index (χ2v) is 11.4. The van der Waals surface area contributed by atoms with Crippen molar-refractivity contribution in [3.05, 3.63) is 58.9 Å².